The van der Waals surface area contributed by atoms with Crippen molar-refractivity contribution < 1.29 is 47.2 Å². The van der Waals surface area contributed by atoms with Gasteiger partial charge in [0, 0.05) is 12.8 Å². The van der Waals surface area contributed by atoms with Crippen LogP contribution in [0, 0.1) is 0 Å². The van der Waals surface area contributed by atoms with Crippen molar-refractivity contribution in [3.8, 4) is 0 Å². The van der Waals surface area contributed by atoms with Crippen LogP contribution in [0.15, 0.2) is 60.8 Å². The summed E-state index contributed by atoms with van der Waals surface area (Å²) in [6, 6.07) is 0. The maximum atomic E-state index is 12.7. The summed E-state index contributed by atoms with van der Waals surface area (Å²) < 4.78 is 34.2. The first-order chi connectivity index (χ1) is 27.4. The quantitative estimate of drug-likeness (QED) is 0.0155. The number of nitrogens with zero attached hydrogens (tertiary/aromatic N) is 1. The SMILES string of the molecule is CCCCCCCC/C=C\CCCCCCCC(=O)O[C@H](COC(=O)CCC/C=C\C/C=C\C/C=C\C=C\[C@H](O)CCCCC)COP(=O)(O)OCC[N+](C)(C)C. The molecule has 0 aromatic rings. The number of esters is 2. The third-order valence-corrected chi connectivity index (χ3v) is 10.1. The van der Waals surface area contributed by atoms with E-state index in [1.54, 1.807) is 0 Å². The molecule has 0 amide bonds. The molecule has 0 saturated carbocycles. The Hall–Kier alpha value is -2.33. The topological polar surface area (TPSA) is 129 Å². The van der Waals surface area contributed by atoms with Crippen LogP contribution in [0.4, 0.5) is 0 Å². The number of hydrogen-bond acceptors (Lipinski definition) is 8. The van der Waals surface area contributed by atoms with Crippen LogP contribution in [0.3, 0.4) is 0 Å². The van der Waals surface area contributed by atoms with E-state index in [9.17, 15) is 24.2 Å². The second kappa shape index (κ2) is 37.9. The van der Waals surface area contributed by atoms with Crippen LogP contribution in [0.2, 0.25) is 0 Å². The number of allylic oxidation sites excluding steroid dienone is 9. The zero-order valence-corrected chi connectivity index (χ0v) is 37.6. The number of hydrogen-bond donors (Lipinski definition) is 2. The maximum Gasteiger partial charge on any atom is 0.472 e. The minimum atomic E-state index is -4.40. The first-order valence-corrected chi connectivity index (χ1v) is 23.6. The molecule has 0 aliphatic carbocycles. The Morgan fingerprint density at radius 1 is 0.632 bits per heavy atom. The molecule has 0 aromatic carbocycles. The van der Waals surface area contributed by atoms with E-state index in [4.69, 9.17) is 18.5 Å². The van der Waals surface area contributed by atoms with Gasteiger partial charge in [0.2, 0.25) is 0 Å². The highest BCUT2D eigenvalue weighted by Gasteiger charge is 2.27. The van der Waals surface area contributed by atoms with Gasteiger partial charge in [-0.3, -0.25) is 18.6 Å². The minimum absolute atomic E-state index is 0.0118. The standard InChI is InChI=1S/C46H82NO9P/c1-6-8-10-11-12-13-14-15-16-17-20-24-27-30-34-38-46(50)56-44(42-55-57(51,52)54-40-39-47(3,4)5)41-53-45(49)37-33-29-26-23-21-18-19-22-25-28-32-36-43(48)35-31-9-7-2/h15-16,18-19,23,25-26,28,32,36,43-44,48H,6-14,17,20-22,24,27,29-31,33-35,37-42H2,1-5H3/p+1/b16-15-,19-18-,26-23-,28-25-,36-32+/t43-,44-/m1/s1. The summed E-state index contributed by atoms with van der Waals surface area (Å²) in [5, 5.41) is 9.90. The van der Waals surface area contributed by atoms with Crippen molar-refractivity contribution in [3.63, 3.8) is 0 Å². The Morgan fingerprint density at radius 3 is 1.84 bits per heavy atom. The lowest BCUT2D eigenvalue weighted by Gasteiger charge is -2.24. The monoisotopic (exact) mass is 825 g/mol. The first-order valence-electron chi connectivity index (χ1n) is 22.1. The van der Waals surface area contributed by atoms with Crippen LogP contribution < -0.4 is 0 Å². The number of phosphoric ester groups is 1. The number of rotatable bonds is 39. The molecular weight excluding hydrogens is 741 g/mol. The molecule has 0 radical (unpaired) electrons. The lowest BCUT2D eigenvalue weighted by molar-refractivity contribution is -0.870. The van der Waals surface area contributed by atoms with E-state index in [2.05, 4.69) is 44.2 Å². The summed E-state index contributed by atoms with van der Waals surface area (Å²) >= 11 is 0. The molecule has 330 valence electrons. The average molecular weight is 825 g/mol. The van der Waals surface area contributed by atoms with Gasteiger partial charge in [0.05, 0.1) is 33.9 Å². The van der Waals surface area contributed by atoms with Gasteiger partial charge in [0.1, 0.15) is 19.8 Å². The predicted octanol–water partition coefficient (Wildman–Crippen LogP) is 11.4. The molecule has 0 fully saturated rings. The van der Waals surface area contributed by atoms with Gasteiger partial charge in [0.25, 0.3) is 0 Å². The Kier molecular flexibility index (Phi) is 36.4. The Balaban J connectivity index is 4.52. The van der Waals surface area contributed by atoms with E-state index in [0.717, 1.165) is 70.6 Å². The third-order valence-electron chi connectivity index (χ3n) is 9.12. The van der Waals surface area contributed by atoms with Gasteiger partial charge < -0.3 is 24.0 Å². The molecule has 0 rings (SSSR count). The molecule has 3 atom stereocenters. The molecule has 2 N–H and O–H groups in total. The number of phosphoric acid groups is 1. The van der Waals surface area contributed by atoms with Crippen LogP contribution in [0.1, 0.15) is 162 Å². The summed E-state index contributed by atoms with van der Waals surface area (Å²) in [4.78, 5) is 35.3. The first kappa shape index (κ1) is 54.7. The average Bonchev–Trinajstić information content (AvgIpc) is 3.15. The molecule has 0 aromatic heterocycles. The number of aliphatic hydroxyl groups is 1. The summed E-state index contributed by atoms with van der Waals surface area (Å²) in [6.07, 6.45) is 41.7. The number of likely N-dealkylation sites (N-methyl/N-ethyl adjacent to an activating group) is 1. The zero-order chi connectivity index (χ0) is 42.3. The smallest absolute Gasteiger partial charge is 0.462 e. The summed E-state index contributed by atoms with van der Waals surface area (Å²) in [7, 11) is 1.41. The zero-order valence-electron chi connectivity index (χ0n) is 36.7. The molecule has 10 nitrogen and oxygen atoms in total. The van der Waals surface area contributed by atoms with Gasteiger partial charge in [-0.15, -0.1) is 0 Å². The molecular formula is C46H83NO9P+. The highest BCUT2D eigenvalue weighted by Crippen LogP contribution is 2.43. The molecule has 0 aliphatic heterocycles. The van der Waals surface area contributed by atoms with Gasteiger partial charge >= 0.3 is 19.8 Å². The van der Waals surface area contributed by atoms with Crippen molar-refractivity contribution in [2.45, 2.75) is 174 Å². The van der Waals surface area contributed by atoms with Crippen LogP contribution in [-0.4, -0.2) is 86.1 Å². The van der Waals surface area contributed by atoms with Crippen molar-refractivity contribution >= 4 is 19.8 Å². The van der Waals surface area contributed by atoms with Crippen molar-refractivity contribution in [2.75, 3.05) is 47.5 Å². The summed E-state index contributed by atoms with van der Waals surface area (Å²) in [5.41, 5.74) is 0. The molecule has 0 heterocycles. The fourth-order valence-electron chi connectivity index (χ4n) is 5.58. The second-order valence-corrected chi connectivity index (χ2v) is 17.4. The number of aliphatic hydroxyl groups excluding tert-OH is 1. The van der Waals surface area contributed by atoms with E-state index >= 15 is 0 Å². The van der Waals surface area contributed by atoms with Gasteiger partial charge in [-0.25, -0.2) is 4.57 Å². The van der Waals surface area contributed by atoms with E-state index < -0.39 is 32.5 Å². The lowest BCUT2D eigenvalue weighted by atomic mass is 10.1. The molecule has 0 aliphatic rings. The van der Waals surface area contributed by atoms with Crippen molar-refractivity contribution in [1.29, 1.82) is 0 Å². The highest BCUT2D eigenvalue weighted by atomic mass is 31.2. The fourth-order valence-corrected chi connectivity index (χ4v) is 6.32. The van der Waals surface area contributed by atoms with Crippen molar-refractivity contribution in [3.05, 3.63) is 60.8 Å². The van der Waals surface area contributed by atoms with Crippen LogP contribution >= 0.6 is 7.82 Å². The highest BCUT2D eigenvalue weighted by molar-refractivity contribution is 7.47. The third kappa shape index (κ3) is 41.6. The number of ether oxygens (including phenoxy) is 2. The van der Waals surface area contributed by atoms with E-state index in [1.807, 2.05) is 51.5 Å². The number of carbonyl (C=O) groups excluding carboxylic acids is 2. The van der Waals surface area contributed by atoms with Gasteiger partial charge in [-0.2, -0.15) is 0 Å². The minimum Gasteiger partial charge on any atom is -0.462 e. The van der Waals surface area contributed by atoms with Gasteiger partial charge in [0.15, 0.2) is 6.10 Å². The number of quaternary nitrogens is 1. The summed E-state index contributed by atoms with van der Waals surface area (Å²) in [6.45, 7) is 4.19. The Morgan fingerprint density at radius 2 is 1.18 bits per heavy atom. The van der Waals surface area contributed by atoms with Crippen LogP contribution in [0.5, 0.6) is 0 Å². The lowest BCUT2D eigenvalue weighted by Crippen LogP contribution is -2.37. The molecule has 0 spiro atoms. The van der Waals surface area contributed by atoms with Crippen molar-refractivity contribution in [2.24, 2.45) is 0 Å². The summed E-state index contributed by atoms with van der Waals surface area (Å²) in [5.74, 6) is -0.904. The Labute approximate surface area is 348 Å². The number of carbonyl (C=O) groups is 2. The normalized spacial score (nSPS) is 14.7. The number of unbranched alkanes of at least 4 members (excludes halogenated alkanes) is 14. The van der Waals surface area contributed by atoms with Crippen LogP contribution in [-0.2, 0) is 32.7 Å². The van der Waals surface area contributed by atoms with Gasteiger partial charge in [-0.05, 0) is 64.2 Å². The molecule has 0 bridgehead atoms. The maximum absolute atomic E-state index is 12.7. The van der Waals surface area contributed by atoms with E-state index in [1.165, 1.54) is 44.9 Å². The molecule has 1 unspecified atom stereocenters. The molecule has 11 heteroatoms. The van der Waals surface area contributed by atoms with E-state index in [-0.39, 0.29) is 32.2 Å². The van der Waals surface area contributed by atoms with E-state index in [0.29, 0.717) is 30.3 Å². The fraction of sp³-hybridized carbons (Fsp3) is 0.739. The van der Waals surface area contributed by atoms with Crippen molar-refractivity contribution in [1.82, 2.24) is 0 Å². The molecule has 57 heavy (non-hydrogen) atoms. The van der Waals surface area contributed by atoms with Gasteiger partial charge in [-0.1, -0.05) is 145 Å². The largest absolute Gasteiger partial charge is 0.472 e. The predicted molar refractivity (Wildman–Crippen MR) is 235 cm³/mol. The van der Waals surface area contributed by atoms with Crippen LogP contribution in [0.25, 0.3) is 0 Å². The second-order valence-electron chi connectivity index (χ2n) is 15.9. The molecule has 0 saturated heterocycles. The Bertz CT molecular complexity index is 1170.